The van der Waals surface area contributed by atoms with Crippen LogP contribution < -0.4 is 25.4 Å². The van der Waals surface area contributed by atoms with E-state index in [0.29, 0.717) is 76.3 Å². The van der Waals surface area contributed by atoms with Crippen LogP contribution in [0.15, 0.2) is 31.0 Å². The van der Waals surface area contributed by atoms with Crippen molar-refractivity contribution in [2.75, 3.05) is 65.3 Å². The maximum Gasteiger partial charge on any atom is 0.243 e. The van der Waals surface area contributed by atoms with Gasteiger partial charge in [0, 0.05) is 36.4 Å². The molecule has 226 valence electrons. The van der Waals surface area contributed by atoms with Gasteiger partial charge in [0.05, 0.1) is 48.6 Å². The normalized spacial score (nSPS) is 16.7. The van der Waals surface area contributed by atoms with Crippen LogP contribution in [0, 0.1) is 0 Å². The molecule has 11 nitrogen and oxygen atoms in total. The second kappa shape index (κ2) is 14.7. The number of carbonyl (C=O) groups is 1. The van der Waals surface area contributed by atoms with Gasteiger partial charge in [0.2, 0.25) is 11.9 Å². The van der Waals surface area contributed by atoms with Gasteiger partial charge in [0.15, 0.2) is 5.82 Å². The topological polar surface area (TPSA) is 123 Å². The highest BCUT2D eigenvalue weighted by Gasteiger charge is 2.28. The molecule has 1 amide bonds. The summed E-state index contributed by atoms with van der Waals surface area (Å²) in [7, 11) is 7.16. The predicted octanol–water partition coefficient (Wildman–Crippen LogP) is 4.64. The molecule has 0 bridgehead atoms. The van der Waals surface area contributed by atoms with Gasteiger partial charge in [-0.2, -0.15) is 0 Å². The fourth-order valence-electron chi connectivity index (χ4n) is 4.69. The number of methoxy groups -OCH3 is 2. The summed E-state index contributed by atoms with van der Waals surface area (Å²) in [6, 6.07) is 3.08. The highest BCUT2D eigenvalue weighted by molar-refractivity contribution is 6.41. The van der Waals surface area contributed by atoms with Crippen molar-refractivity contribution >= 4 is 51.8 Å². The Balaban J connectivity index is 1.72. The van der Waals surface area contributed by atoms with Crippen LogP contribution in [0.1, 0.15) is 19.3 Å². The smallest absolute Gasteiger partial charge is 0.243 e. The number of amides is 1. The van der Waals surface area contributed by atoms with Crippen LogP contribution in [0.25, 0.3) is 22.2 Å². The molecule has 0 saturated carbocycles. The summed E-state index contributed by atoms with van der Waals surface area (Å²) in [4.78, 5) is 28.4. The summed E-state index contributed by atoms with van der Waals surface area (Å²) in [5.74, 6) is 1.54. The van der Waals surface area contributed by atoms with Gasteiger partial charge in [-0.1, -0.05) is 29.8 Å². The number of unbranched alkanes of at least 4 members (excludes halogenated alkanes) is 1. The first-order valence-corrected chi connectivity index (χ1v) is 14.4. The molecule has 0 unspecified atom stereocenters. The van der Waals surface area contributed by atoms with Crippen LogP contribution in [0.3, 0.4) is 0 Å². The van der Waals surface area contributed by atoms with Gasteiger partial charge in [-0.05, 0) is 52.0 Å². The highest BCUT2D eigenvalue weighted by Crippen LogP contribution is 2.46. The average molecular weight is 619 g/mol. The zero-order valence-corrected chi connectivity index (χ0v) is 25.8. The number of hydrogen-bond acceptors (Lipinski definition) is 10. The molecule has 3 aromatic rings. The Morgan fingerprint density at radius 3 is 2.55 bits per heavy atom. The molecule has 42 heavy (non-hydrogen) atoms. The summed E-state index contributed by atoms with van der Waals surface area (Å²) in [5, 5.41) is 11.1. The van der Waals surface area contributed by atoms with Gasteiger partial charge in [-0.15, -0.1) is 0 Å². The van der Waals surface area contributed by atoms with Gasteiger partial charge < -0.3 is 35.1 Å². The Bertz CT molecular complexity index is 1390. The van der Waals surface area contributed by atoms with Gasteiger partial charge in [-0.3, -0.25) is 4.79 Å². The second-order valence-electron chi connectivity index (χ2n) is 10.1. The lowest BCUT2D eigenvalue weighted by atomic mass is 10.0. The quantitative estimate of drug-likeness (QED) is 0.185. The van der Waals surface area contributed by atoms with Crippen LogP contribution in [0.2, 0.25) is 10.0 Å². The van der Waals surface area contributed by atoms with Crippen molar-refractivity contribution < 1.29 is 19.0 Å². The lowest BCUT2D eigenvalue weighted by molar-refractivity contribution is -0.117. The van der Waals surface area contributed by atoms with Gasteiger partial charge in [0.1, 0.15) is 17.0 Å². The van der Waals surface area contributed by atoms with E-state index in [1.807, 2.05) is 6.07 Å². The van der Waals surface area contributed by atoms with E-state index in [2.05, 4.69) is 46.5 Å². The summed E-state index contributed by atoms with van der Waals surface area (Å²) in [6.07, 6.45) is 5.58. The number of carbonyl (C=O) groups excluding carboxylic acids is 1. The third-order valence-electron chi connectivity index (χ3n) is 6.90. The number of benzene rings is 1. The number of nitrogens with zero attached hydrogens (tertiary/aromatic N) is 4. The molecule has 13 heteroatoms. The summed E-state index contributed by atoms with van der Waals surface area (Å²) in [6.45, 7) is 6.15. The van der Waals surface area contributed by atoms with E-state index in [1.54, 1.807) is 12.3 Å². The minimum atomic E-state index is -0.239. The molecule has 0 aliphatic carbocycles. The molecule has 1 aromatic carbocycles. The molecular formula is C29H37Cl2N7O4. The maximum atomic E-state index is 12.0. The number of aromatic nitrogens is 3. The highest BCUT2D eigenvalue weighted by atomic mass is 35.5. The Kier molecular flexibility index (Phi) is 11.0. The van der Waals surface area contributed by atoms with E-state index in [-0.39, 0.29) is 18.0 Å². The van der Waals surface area contributed by atoms with Crippen molar-refractivity contribution in [1.29, 1.82) is 0 Å². The molecule has 3 heterocycles. The van der Waals surface area contributed by atoms with Crippen LogP contribution in [-0.2, 0) is 9.53 Å². The predicted molar refractivity (Wildman–Crippen MR) is 167 cm³/mol. The molecule has 0 spiro atoms. The number of fused-ring (bicyclic) bond motifs is 1. The van der Waals surface area contributed by atoms with E-state index in [4.69, 9.17) is 47.4 Å². The van der Waals surface area contributed by atoms with E-state index in [1.165, 1.54) is 20.3 Å². The van der Waals surface area contributed by atoms with E-state index in [0.717, 1.165) is 24.8 Å². The Morgan fingerprint density at radius 1 is 1.14 bits per heavy atom. The molecule has 1 fully saturated rings. The molecular weight excluding hydrogens is 581 g/mol. The molecule has 2 atom stereocenters. The standard InChI is InChI=1S/C29H37Cl2N7O4/c1-6-23(39)34-18-9-12-42-16-20(18)36-29-33-15-17-13-19(24-25(30)21(40-4)14-22(41-5)26(24)31)35-28(27(17)37-29)32-10-7-8-11-38(2)3/h6,13-15,18,20H,1,7-12,16H2,2-5H3,(H,32,35)(H,34,39)(H,33,36,37)/t18-,20+/m0/s1. The number of ether oxygens (including phenoxy) is 3. The number of nitrogens with one attached hydrogen (secondary N) is 3. The van der Waals surface area contributed by atoms with E-state index >= 15 is 0 Å². The number of halogens is 2. The van der Waals surface area contributed by atoms with Crippen molar-refractivity contribution in [3.63, 3.8) is 0 Å². The zero-order chi connectivity index (χ0) is 30.2. The van der Waals surface area contributed by atoms with Crippen LogP contribution in [0.4, 0.5) is 11.8 Å². The minimum absolute atomic E-state index is 0.161. The fourth-order valence-corrected chi connectivity index (χ4v) is 5.39. The van der Waals surface area contributed by atoms with Crippen molar-refractivity contribution in [3.8, 4) is 22.8 Å². The number of anilines is 2. The summed E-state index contributed by atoms with van der Waals surface area (Å²) in [5.41, 5.74) is 1.62. The molecule has 1 aliphatic rings. The average Bonchev–Trinajstić information content (AvgIpc) is 2.98. The summed E-state index contributed by atoms with van der Waals surface area (Å²) >= 11 is 13.5. The maximum absolute atomic E-state index is 12.0. The van der Waals surface area contributed by atoms with Gasteiger partial charge >= 0.3 is 0 Å². The second-order valence-corrected chi connectivity index (χ2v) is 10.9. The van der Waals surface area contributed by atoms with Crippen molar-refractivity contribution in [2.24, 2.45) is 0 Å². The molecule has 4 rings (SSSR count). The Labute approximate surface area is 255 Å². The Hall–Kier alpha value is -3.38. The third kappa shape index (κ3) is 7.52. The fraction of sp³-hybridized carbons (Fsp3) is 0.448. The number of hydrogen-bond donors (Lipinski definition) is 3. The van der Waals surface area contributed by atoms with Crippen LogP contribution in [-0.4, -0.2) is 92.5 Å². The van der Waals surface area contributed by atoms with Crippen LogP contribution in [0.5, 0.6) is 11.5 Å². The van der Waals surface area contributed by atoms with Gasteiger partial charge in [0.25, 0.3) is 0 Å². The molecule has 0 radical (unpaired) electrons. The van der Waals surface area contributed by atoms with E-state index in [9.17, 15) is 4.79 Å². The molecule has 2 aromatic heterocycles. The van der Waals surface area contributed by atoms with Crippen molar-refractivity contribution in [1.82, 2.24) is 25.2 Å². The van der Waals surface area contributed by atoms with E-state index < -0.39 is 0 Å². The zero-order valence-electron chi connectivity index (χ0n) is 24.3. The van der Waals surface area contributed by atoms with Crippen molar-refractivity contribution in [3.05, 3.63) is 41.0 Å². The lowest BCUT2D eigenvalue weighted by Crippen LogP contribution is -2.52. The molecule has 1 aliphatic heterocycles. The summed E-state index contributed by atoms with van der Waals surface area (Å²) < 4.78 is 16.6. The lowest BCUT2D eigenvalue weighted by Gasteiger charge is -2.32. The monoisotopic (exact) mass is 617 g/mol. The third-order valence-corrected chi connectivity index (χ3v) is 7.65. The SMILES string of the molecule is C=CC(=O)N[C@H]1CCOC[C@H]1Nc1ncc2cc(-c3c(Cl)c(OC)cc(OC)c3Cl)nc(NCCCCN(C)C)c2n1. The van der Waals surface area contributed by atoms with Crippen LogP contribution >= 0.6 is 23.2 Å². The first kappa shape index (κ1) is 31.6. The first-order chi connectivity index (χ1) is 20.2. The molecule has 1 saturated heterocycles. The minimum Gasteiger partial charge on any atom is -0.495 e. The first-order valence-electron chi connectivity index (χ1n) is 13.7. The number of pyridine rings is 1. The largest absolute Gasteiger partial charge is 0.495 e. The van der Waals surface area contributed by atoms with Gasteiger partial charge in [-0.25, -0.2) is 15.0 Å². The molecule has 3 N–H and O–H groups in total. The number of rotatable bonds is 13. The van der Waals surface area contributed by atoms with Crippen molar-refractivity contribution in [2.45, 2.75) is 31.3 Å². The Morgan fingerprint density at radius 2 is 1.88 bits per heavy atom.